The molecular weight excluding hydrogens is 568 g/mol. The first-order chi connectivity index (χ1) is 18.8. The maximum Gasteiger partial charge on any atom is 2.00 e. The first-order valence-electron chi connectivity index (χ1n) is 12.1. The molecule has 0 fully saturated rings. The minimum absolute atomic E-state index is 0. The third kappa shape index (κ3) is 6.83. The van der Waals surface area contributed by atoms with Gasteiger partial charge in [-0.2, -0.15) is 24.8 Å². The van der Waals surface area contributed by atoms with E-state index in [9.17, 15) is 0 Å². The topological polar surface area (TPSA) is 56.4 Å². The van der Waals surface area contributed by atoms with Crippen LogP contribution in [0, 0.1) is 0 Å². The first-order valence-corrected chi connectivity index (χ1v) is 14.6. The summed E-state index contributed by atoms with van der Waals surface area (Å²) in [7, 11) is 0. The molecule has 197 valence electrons. The Labute approximate surface area is 247 Å². The second-order valence-corrected chi connectivity index (χ2v) is 10.1. The van der Waals surface area contributed by atoms with Crippen molar-refractivity contribution in [3.8, 4) is 0 Å². The van der Waals surface area contributed by atoms with Crippen molar-refractivity contribution in [2.24, 2.45) is 0 Å². The van der Waals surface area contributed by atoms with Crippen LogP contribution in [-0.4, -0.2) is 22.2 Å². The van der Waals surface area contributed by atoms with E-state index < -0.39 is 0 Å². The van der Waals surface area contributed by atoms with Crippen LogP contribution >= 0.6 is 0 Å². The molecule has 2 aliphatic carbocycles. The average Bonchev–Trinajstić information content (AvgIpc) is 3.79. The summed E-state index contributed by atoms with van der Waals surface area (Å²) in [5.41, 5.74) is 8.34. The van der Waals surface area contributed by atoms with Crippen molar-refractivity contribution in [2.45, 2.75) is 0 Å². The Morgan fingerprint density at radius 2 is 0.744 bits per heavy atom. The Morgan fingerprint density at radius 1 is 0.462 bits per heavy atom. The fourth-order valence-corrected chi connectivity index (χ4v) is 4.98. The molecule has 0 saturated carbocycles. The van der Waals surface area contributed by atoms with Gasteiger partial charge in [0.25, 0.3) is 0 Å². The van der Waals surface area contributed by atoms with E-state index in [1.165, 1.54) is 9.73 Å². The molecule has 0 aromatic carbocycles. The number of nitrogens with zero attached hydrogens (tertiary/aromatic N) is 4. The van der Waals surface area contributed by atoms with E-state index in [0.717, 1.165) is 45.1 Å². The average molecular weight is 594 g/mol. The van der Waals surface area contributed by atoms with Gasteiger partial charge in [0.1, 0.15) is 0 Å². The van der Waals surface area contributed by atoms with Gasteiger partial charge in [-0.05, 0) is 46.6 Å². The summed E-state index contributed by atoms with van der Waals surface area (Å²) in [6.45, 7) is 0. The van der Waals surface area contributed by atoms with Crippen LogP contribution in [0.25, 0.3) is 11.1 Å². The molecule has 0 atom stereocenters. The molecule has 2 aliphatic rings. The Hall–Kier alpha value is -3.74. The van der Waals surface area contributed by atoms with E-state index in [4.69, 9.17) is 0 Å². The smallest absolute Gasteiger partial charge is 0.664 e. The summed E-state index contributed by atoms with van der Waals surface area (Å²) in [6.07, 6.45) is 28.5. The van der Waals surface area contributed by atoms with Gasteiger partial charge in [0, 0.05) is 24.3 Å². The van der Waals surface area contributed by atoms with Crippen molar-refractivity contribution in [3.05, 3.63) is 156 Å². The normalized spacial score (nSPS) is 13.6. The molecule has 4 heterocycles. The van der Waals surface area contributed by atoms with Gasteiger partial charge in [-0.1, -0.05) is 48.5 Å². The standard InChI is InChI=1S/2C16H13N2S.Cu/c2*1-19-13-8-6-12(7-9-13)16(14-4-2-10-17-14)15-5-3-11-18-15;/h2*2-11H,1H3;/q2*-1;+2. The largest absolute Gasteiger partial charge is 2.00 e. The van der Waals surface area contributed by atoms with Crippen molar-refractivity contribution in [1.82, 2.24) is 19.9 Å². The molecule has 0 unspecified atom stereocenters. The third-order valence-electron chi connectivity index (χ3n) is 6.00. The Kier molecular flexibility index (Phi) is 10.1. The second-order valence-electron chi connectivity index (χ2n) is 8.30. The molecular formula is C32H26CuN4S2. The number of aromatic nitrogens is 4. The molecule has 7 heteroatoms. The Morgan fingerprint density at radius 3 is 0.949 bits per heavy atom. The molecule has 4 nitrogen and oxygen atoms in total. The quantitative estimate of drug-likeness (QED) is 0.193. The van der Waals surface area contributed by atoms with E-state index in [2.05, 4.69) is 81.1 Å². The van der Waals surface area contributed by atoms with E-state index in [0.29, 0.717) is 0 Å². The van der Waals surface area contributed by atoms with Crippen LogP contribution in [0.2, 0.25) is 0 Å². The zero-order valence-corrected chi connectivity index (χ0v) is 24.0. The van der Waals surface area contributed by atoms with Crippen LogP contribution in [0.3, 0.4) is 0 Å². The maximum absolute atomic E-state index is 4.41. The van der Waals surface area contributed by atoms with Gasteiger partial charge in [0.05, 0.1) is 0 Å². The molecule has 0 bridgehead atoms. The van der Waals surface area contributed by atoms with Crippen LogP contribution in [0.15, 0.2) is 133 Å². The summed E-state index contributed by atoms with van der Waals surface area (Å²) in [6, 6.07) is 15.9. The second kappa shape index (κ2) is 13.9. The predicted molar refractivity (Wildman–Crippen MR) is 164 cm³/mol. The number of hydrogen-bond acceptors (Lipinski definition) is 0. The van der Waals surface area contributed by atoms with Crippen LogP contribution in [0.1, 0.15) is 22.8 Å². The number of hydrogen-bond donors (Lipinski definition) is 0. The molecule has 6 rings (SSSR count). The van der Waals surface area contributed by atoms with Crippen LogP contribution < -0.4 is 19.9 Å². The van der Waals surface area contributed by atoms with Crippen molar-refractivity contribution in [2.75, 3.05) is 12.5 Å². The molecule has 4 aromatic heterocycles. The molecule has 1 radical (unpaired) electrons. The Bertz CT molecular complexity index is 1360. The molecule has 0 N–H and O–H groups in total. The van der Waals surface area contributed by atoms with Gasteiger partial charge in [0.2, 0.25) is 9.73 Å². The van der Waals surface area contributed by atoms with Gasteiger partial charge < -0.3 is 19.9 Å². The molecule has 0 spiro atoms. The van der Waals surface area contributed by atoms with E-state index in [-0.39, 0.29) is 17.1 Å². The van der Waals surface area contributed by atoms with E-state index >= 15 is 0 Å². The summed E-state index contributed by atoms with van der Waals surface area (Å²) >= 11 is 3.49. The van der Waals surface area contributed by atoms with E-state index in [1.54, 1.807) is 22.7 Å². The molecule has 4 aromatic rings. The minimum Gasteiger partial charge on any atom is -0.664 e. The fourth-order valence-electron chi connectivity index (χ4n) is 4.16. The summed E-state index contributed by atoms with van der Waals surface area (Å²) < 4.78 is 0. The first kappa shape index (κ1) is 28.3. The zero-order chi connectivity index (χ0) is 26.2. The molecule has 0 aliphatic heterocycles. The minimum atomic E-state index is 0. The molecule has 0 saturated heterocycles. The van der Waals surface area contributed by atoms with Crippen molar-refractivity contribution in [3.63, 3.8) is 0 Å². The summed E-state index contributed by atoms with van der Waals surface area (Å²) in [5.74, 6) is 0. The number of rotatable bonds is 4. The number of allylic oxidation sites excluding steroid dienone is 10. The zero-order valence-electron chi connectivity index (χ0n) is 21.5. The van der Waals surface area contributed by atoms with Crippen molar-refractivity contribution in [1.29, 1.82) is 0 Å². The molecule has 0 amide bonds. The van der Waals surface area contributed by atoms with Crippen LogP contribution in [-0.2, 0) is 39.8 Å². The maximum atomic E-state index is 4.41. The summed E-state index contributed by atoms with van der Waals surface area (Å²) in [5, 5.41) is 0. The summed E-state index contributed by atoms with van der Waals surface area (Å²) in [4.78, 5) is 20.2. The van der Waals surface area contributed by atoms with Gasteiger partial charge in [0.15, 0.2) is 35.2 Å². The van der Waals surface area contributed by atoms with Crippen molar-refractivity contribution >= 4 is 43.6 Å². The third-order valence-corrected chi connectivity index (χ3v) is 7.48. The van der Waals surface area contributed by atoms with Gasteiger partial charge in [-0.3, -0.25) is 0 Å². The fraction of sp³-hybridized carbons (Fsp3) is 0.0625. The van der Waals surface area contributed by atoms with Gasteiger partial charge in [-0.25, -0.2) is 0 Å². The van der Waals surface area contributed by atoms with Gasteiger partial charge in [-0.15, -0.1) is 22.8 Å². The van der Waals surface area contributed by atoms with Crippen molar-refractivity contribution < 1.29 is 17.1 Å². The SMILES string of the molecule is C[S+]=C1C=CC(=C(c2ccc[n-]2)c2ccc[n-]2)C=C1.C[S+]=C1C=CC(=C(c2ccc[n-]2)c2ccc[n-]2)C=C1.[Cu+2]. The molecule has 39 heavy (non-hydrogen) atoms. The predicted octanol–water partition coefficient (Wildman–Crippen LogP) is 4.82. The van der Waals surface area contributed by atoms with Crippen LogP contribution in [0.5, 0.6) is 0 Å². The van der Waals surface area contributed by atoms with Gasteiger partial charge >= 0.3 is 17.1 Å². The monoisotopic (exact) mass is 593 g/mol. The van der Waals surface area contributed by atoms with E-state index in [1.807, 2.05) is 73.3 Å². The van der Waals surface area contributed by atoms with Crippen LogP contribution in [0.4, 0.5) is 0 Å². The Balaban J connectivity index is 0.000000176.